The van der Waals surface area contributed by atoms with Crippen LogP contribution in [0.2, 0.25) is 0 Å². The van der Waals surface area contributed by atoms with E-state index >= 15 is 0 Å². The van der Waals surface area contributed by atoms with E-state index < -0.39 is 0 Å². The number of hydrogen-bond acceptors (Lipinski definition) is 6. The van der Waals surface area contributed by atoms with Crippen LogP contribution in [0.4, 0.5) is 11.4 Å². The molecule has 0 spiro atoms. The van der Waals surface area contributed by atoms with Crippen LogP contribution in [-0.4, -0.2) is 62.5 Å². The molecule has 0 aliphatic carbocycles. The lowest BCUT2D eigenvalue weighted by atomic mass is 10.1. The summed E-state index contributed by atoms with van der Waals surface area (Å²) in [5.41, 5.74) is 8.85. The SMILES string of the molecule is C/C(=N/OCC(=O)N(CCN1CCOCC1)c1ccccc1)c1ccc(N)cc1. The minimum absolute atomic E-state index is 0.121. The van der Waals surface area contributed by atoms with E-state index in [0.717, 1.165) is 44.1 Å². The standard InChI is InChI=1S/C22H28N4O3/c1-18(19-7-9-20(23)10-8-19)24-29-17-22(27)26(21-5-3-2-4-6-21)12-11-25-13-15-28-16-14-25/h2-10H,11-17,23H2,1H3/b24-18-. The van der Waals surface area contributed by atoms with Gasteiger partial charge in [0.2, 0.25) is 0 Å². The van der Waals surface area contributed by atoms with E-state index in [1.807, 2.05) is 61.5 Å². The lowest BCUT2D eigenvalue weighted by Gasteiger charge is -2.30. The van der Waals surface area contributed by atoms with Crippen LogP contribution in [0.1, 0.15) is 12.5 Å². The number of oxime groups is 1. The molecule has 1 amide bonds. The van der Waals surface area contributed by atoms with Crippen molar-refractivity contribution in [3.05, 3.63) is 60.2 Å². The zero-order valence-electron chi connectivity index (χ0n) is 16.8. The fourth-order valence-corrected chi connectivity index (χ4v) is 3.11. The zero-order chi connectivity index (χ0) is 20.5. The van der Waals surface area contributed by atoms with E-state index in [0.29, 0.717) is 17.9 Å². The predicted molar refractivity (Wildman–Crippen MR) is 115 cm³/mol. The maximum atomic E-state index is 12.9. The Bertz CT molecular complexity index is 803. The van der Waals surface area contributed by atoms with Gasteiger partial charge in [0.05, 0.1) is 18.9 Å². The Morgan fingerprint density at radius 2 is 1.83 bits per heavy atom. The first-order valence-corrected chi connectivity index (χ1v) is 9.81. The minimum Gasteiger partial charge on any atom is -0.399 e. The molecule has 7 nitrogen and oxygen atoms in total. The molecular formula is C22H28N4O3. The van der Waals surface area contributed by atoms with Gasteiger partial charge < -0.3 is 20.2 Å². The average molecular weight is 396 g/mol. The normalized spacial score (nSPS) is 15.1. The number of amides is 1. The van der Waals surface area contributed by atoms with Crippen molar-refractivity contribution < 1.29 is 14.4 Å². The van der Waals surface area contributed by atoms with Gasteiger partial charge in [-0.25, -0.2) is 0 Å². The number of morpholine rings is 1. The van der Waals surface area contributed by atoms with Gasteiger partial charge in [-0.05, 0) is 36.8 Å². The van der Waals surface area contributed by atoms with Crippen molar-refractivity contribution in [3.8, 4) is 0 Å². The van der Waals surface area contributed by atoms with E-state index in [9.17, 15) is 4.79 Å². The molecule has 1 aliphatic heterocycles. The lowest BCUT2D eigenvalue weighted by molar-refractivity contribution is -0.123. The topological polar surface area (TPSA) is 80.4 Å². The van der Waals surface area contributed by atoms with Crippen LogP contribution in [-0.2, 0) is 14.4 Å². The molecule has 0 atom stereocenters. The number of nitrogen functional groups attached to an aromatic ring is 1. The third kappa shape index (κ3) is 6.30. The molecule has 3 rings (SSSR count). The molecular weight excluding hydrogens is 368 g/mol. The first-order chi connectivity index (χ1) is 14.1. The largest absolute Gasteiger partial charge is 0.399 e. The third-order valence-corrected chi connectivity index (χ3v) is 4.83. The number of ether oxygens (including phenoxy) is 1. The molecule has 1 aliphatic rings. The van der Waals surface area contributed by atoms with E-state index in [1.54, 1.807) is 4.90 Å². The van der Waals surface area contributed by atoms with Crippen LogP contribution < -0.4 is 10.6 Å². The molecule has 2 N–H and O–H groups in total. The Hall–Kier alpha value is -2.90. The highest BCUT2D eigenvalue weighted by molar-refractivity contribution is 5.98. The molecule has 1 heterocycles. The second kappa shape index (κ2) is 10.6. The number of anilines is 2. The first-order valence-electron chi connectivity index (χ1n) is 9.81. The highest BCUT2D eigenvalue weighted by Crippen LogP contribution is 2.14. The molecule has 1 fully saturated rings. The summed E-state index contributed by atoms with van der Waals surface area (Å²) in [6.07, 6.45) is 0. The Morgan fingerprint density at radius 1 is 1.14 bits per heavy atom. The summed E-state index contributed by atoms with van der Waals surface area (Å²) in [5, 5.41) is 4.09. The first kappa shape index (κ1) is 20.8. The number of carbonyl (C=O) groups is 1. The van der Waals surface area contributed by atoms with Crippen molar-refractivity contribution >= 4 is 23.0 Å². The van der Waals surface area contributed by atoms with Crippen molar-refractivity contribution in [2.24, 2.45) is 5.16 Å². The van der Waals surface area contributed by atoms with Crippen LogP contribution in [0.5, 0.6) is 0 Å². The monoisotopic (exact) mass is 396 g/mol. The van der Waals surface area contributed by atoms with Gasteiger partial charge in [-0.3, -0.25) is 9.69 Å². The number of nitrogens with two attached hydrogens (primary N) is 1. The predicted octanol–water partition coefficient (Wildman–Crippen LogP) is 2.37. The minimum atomic E-state index is -0.127. The molecule has 0 saturated carbocycles. The van der Waals surface area contributed by atoms with Crippen LogP contribution in [0, 0.1) is 0 Å². The van der Waals surface area contributed by atoms with Gasteiger partial charge in [0.25, 0.3) is 5.91 Å². The van der Waals surface area contributed by atoms with Crippen LogP contribution >= 0.6 is 0 Å². The Labute approximate surface area is 171 Å². The molecule has 0 aromatic heterocycles. The number of benzene rings is 2. The Balaban J connectivity index is 1.59. The van der Waals surface area contributed by atoms with Gasteiger partial charge in [-0.1, -0.05) is 35.5 Å². The van der Waals surface area contributed by atoms with E-state index in [-0.39, 0.29) is 12.5 Å². The number of nitrogens with zero attached hydrogens (tertiary/aromatic N) is 3. The average Bonchev–Trinajstić information content (AvgIpc) is 2.76. The number of carbonyl (C=O) groups excluding carboxylic acids is 1. The summed E-state index contributed by atoms with van der Waals surface area (Å²) in [4.78, 5) is 22.3. The Kier molecular flexibility index (Phi) is 7.61. The van der Waals surface area contributed by atoms with Crippen molar-refractivity contribution in [1.82, 2.24) is 4.90 Å². The van der Waals surface area contributed by atoms with Crippen molar-refractivity contribution in [3.63, 3.8) is 0 Å². The molecule has 0 unspecified atom stereocenters. The van der Waals surface area contributed by atoms with E-state index in [4.69, 9.17) is 15.3 Å². The molecule has 154 valence electrons. The summed E-state index contributed by atoms with van der Waals surface area (Å²) in [6.45, 7) is 6.35. The fourth-order valence-electron chi connectivity index (χ4n) is 3.11. The summed E-state index contributed by atoms with van der Waals surface area (Å²) in [6, 6.07) is 17.0. The smallest absolute Gasteiger partial charge is 0.267 e. The van der Waals surface area contributed by atoms with Crippen LogP contribution in [0.25, 0.3) is 0 Å². The van der Waals surface area contributed by atoms with Gasteiger partial charge in [-0.2, -0.15) is 0 Å². The van der Waals surface area contributed by atoms with Gasteiger partial charge in [0.15, 0.2) is 6.61 Å². The van der Waals surface area contributed by atoms with E-state index in [1.165, 1.54) is 0 Å². The molecule has 7 heteroatoms. The number of para-hydroxylation sites is 1. The second-order valence-electron chi connectivity index (χ2n) is 6.91. The van der Waals surface area contributed by atoms with Gasteiger partial charge >= 0.3 is 0 Å². The van der Waals surface area contributed by atoms with Gasteiger partial charge in [0.1, 0.15) is 0 Å². The van der Waals surface area contributed by atoms with Crippen molar-refractivity contribution in [1.29, 1.82) is 0 Å². The molecule has 2 aromatic carbocycles. The molecule has 0 radical (unpaired) electrons. The maximum absolute atomic E-state index is 12.9. The molecule has 29 heavy (non-hydrogen) atoms. The maximum Gasteiger partial charge on any atom is 0.267 e. The summed E-state index contributed by atoms with van der Waals surface area (Å²) in [7, 11) is 0. The number of rotatable bonds is 8. The van der Waals surface area contributed by atoms with Crippen molar-refractivity contribution in [2.75, 3.05) is 56.6 Å². The van der Waals surface area contributed by atoms with Crippen LogP contribution in [0.3, 0.4) is 0 Å². The van der Waals surface area contributed by atoms with Gasteiger partial charge in [-0.15, -0.1) is 0 Å². The summed E-state index contributed by atoms with van der Waals surface area (Å²) in [5.74, 6) is -0.127. The molecule has 0 bridgehead atoms. The second-order valence-corrected chi connectivity index (χ2v) is 6.91. The highest BCUT2D eigenvalue weighted by Gasteiger charge is 2.18. The molecule has 1 saturated heterocycles. The quantitative estimate of drug-likeness (QED) is 0.421. The third-order valence-electron chi connectivity index (χ3n) is 4.83. The zero-order valence-corrected chi connectivity index (χ0v) is 16.8. The number of hydrogen-bond donors (Lipinski definition) is 1. The lowest BCUT2D eigenvalue weighted by Crippen LogP contribution is -2.44. The van der Waals surface area contributed by atoms with E-state index in [2.05, 4.69) is 10.1 Å². The van der Waals surface area contributed by atoms with Gasteiger partial charge in [0, 0.05) is 37.6 Å². The Morgan fingerprint density at radius 3 is 2.52 bits per heavy atom. The fraction of sp³-hybridized carbons (Fsp3) is 0.364. The van der Waals surface area contributed by atoms with Crippen molar-refractivity contribution in [2.45, 2.75) is 6.92 Å². The molecule has 2 aromatic rings. The summed E-state index contributed by atoms with van der Waals surface area (Å²) >= 11 is 0. The summed E-state index contributed by atoms with van der Waals surface area (Å²) < 4.78 is 5.39. The van der Waals surface area contributed by atoms with Crippen LogP contribution in [0.15, 0.2) is 59.8 Å². The highest BCUT2D eigenvalue weighted by atomic mass is 16.6.